The highest BCUT2D eigenvalue weighted by Gasteiger charge is 2.45. The van der Waals surface area contributed by atoms with Crippen molar-refractivity contribution in [1.82, 2.24) is 20.1 Å². The molecule has 0 unspecified atom stereocenters. The molecule has 136 valence electrons. The molecule has 0 saturated carbocycles. The molecule has 7 heteroatoms. The van der Waals surface area contributed by atoms with Gasteiger partial charge in [-0.05, 0) is 48.6 Å². The van der Waals surface area contributed by atoms with Crippen LogP contribution >= 0.6 is 0 Å². The minimum absolute atomic E-state index is 0.357. The Labute approximate surface area is 155 Å². The third-order valence-corrected chi connectivity index (χ3v) is 4.99. The van der Waals surface area contributed by atoms with Gasteiger partial charge in [0.1, 0.15) is 12.7 Å². The van der Waals surface area contributed by atoms with Crippen LogP contribution in [0.4, 0.5) is 0 Å². The van der Waals surface area contributed by atoms with Crippen molar-refractivity contribution in [3.05, 3.63) is 77.9 Å². The van der Waals surface area contributed by atoms with Gasteiger partial charge in [-0.1, -0.05) is 30.3 Å². The molecule has 0 saturated heterocycles. The number of carbonyl (C=O) groups is 2. The minimum atomic E-state index is -1.42. The number of hydrogen-bond donors (Lipinski definition) is 2. The number of carboxylic acids is 1. The van der Waals surface area contributed by atoms with Crippen LogP contribution in [0.2, 0.25) is 0 Å². The summed E-state index contributed by atoms with van der Waals surface area (Å²) in [5, 5.41) is 20.3. The van der Waals surface area contributed by atoms with E-state index in [9.17, 15) is 14.7 Å². The van der Waals surface area contributed by atoms with Crippen LogP contribution in [0.25, 0.3) is 5.69 Å². The van der Waals surface area contributed by atoms with Crippen molar-refractivity contribution in [2.24, 2.45) is 0 Å². The third kappa shape index (κ3) is 2.97. The van der Waals surface area contributed by atoms with Crippen LogP contribution in [-0.4, -0.2) is 31.7 Å². The van der Waals surface area contributed by atoms with Gasteiger partial charge in [0.15, 0.2) is 5.54 Å². The Morgan fingerprint density at radius 1 is 1.07 bits per heavy atom. The molecule has 0 spiro atoms. The number of hydrogen-bond acceptors (Lipinski definition) is 4. The van der Waals surface area contributed by atoms with E-state index in [0.29, 0.717) is 24.0 Å². The molecule has 4 rings (SSSR count). The van der Waals surface area contributed by atoms with E-state index in [1.54, 1.807) is 34.9 Å². The highest BCUT2D eigenvalue weighted by molar-refractivity contribution is 5.98. The Balaban J connectivity index is 1.69. The first kappa shape index (κ1) is 17.0. The van der Waals surface area contributed by atoms with Gasteiger partial charge >= 0.3 is 5.97 Å². The minimum Gasteiger partial charge on any atom is -0.479 e. The zero-order valence-electron chi connectivity index (χ0n) is 14.5. The average Bonchev–Trinajstić information content (AvgIpc) is 3.23. The molecule has 3 aromatic rings. The van der Waals surface area contributed by atoms with E-state index in [1.807, 2.05) is 18.2 Å². The first-order valence-corrected chi connectivity index (χ1v) is 8.69. The fourth-order valence-corrected chi connectivity index (χ4v) is 3.65. The van der Waals surface area contributed by atoms with E-state index in [-0.39, 0.29) is 0 Å². The van der Waals surface area contributed by atoms with Gasteiger partial charge in [-0.3, -0.25) is 9.36 Å². The Morgan fingerprint density at radius 3 is 2.63 bits per heavy atom. The monoisotopic (exact) mass is 362 g/mol. The lowest BCUT2D eigenvalue weighted by Crippen LogP contribution is -2.53. The number of rotatable bonds is 4. The van der Waals surface area contributed by atoms with E-state index >= 15 is 0 Å². The van der Waals surface area contributed by atoms with E-state index in [4.69, 9.17) is 0 Å². The van der Waals surface area contributed by atoms with Crippen LogP contribution in [0.15, 0.2) is 61.2 Å². The van der Waals surface area contributed by atoms with Crippen LogP contribution in [0.1, 0.15) is 34.3 Å². The van der Waals surface area contributed by atoms with Crippen molar-refractivity contribution in [3.63, 3.8) is 0 Å². The second-order valence-corrected chi connectivity index (χ2v) is 6.59. The number of aryl methyl sites for hydroxylation is 1. The fourth-order valence-electron chi connectivity index (χ4n) is 3.65. The lowest BCUT2D eigenvalue weighted by molar-refractivity contribution is -0.145. The van der Waals surface area contributed by atoms with Gasteiger partial charge in [-0.25, -0.2) is 4.79 Å². The van der Waals surface area contributed by atoms with Crippen molar-refractivity contribution in [2.45, 2.75) is 24.8 Å². The van der Waals surface area contributed by atoms with Gasteiger partial charge in [-0.2, -0.15) is 0 Å². The quantitative estimate of drug-likeness (QED) is 0.742. The summed E-state index contributed by atoms with van der Waals surface area (Å²) >= 11 is 0. The van der Waals surface area contributed by atoms with Crippen LogP contribution < -0.4 is 5.32 Å². The van der Waals surface area contributed by atoms with E-state index in [1.165, 1.54) is 12.7 Å². The van der Waals surface area contributed by atoms with E-state index in [2.05, 4.69) is 15.5 Å². The Bertz CT molecular complexity index is 1000. The van der Waals surface area contributed by atoms with Gasteiger partial charge in [0.2, 0.25) is 0 Å². The topological polar surface area (TPSA) is 97.1 Å². The highest BCUT2D eigenvalue weighted by Crippen LogP contribution is 2.36. The lowest BCUT2D eigenvalue weighted by atomic mass is 9.76. The van der Waals surface area contributed by atoms with Crippen molar-refractivity contribution in [1.29, 1.82) is 0 Å². The Morgan fingerprint density at radius 2 is 1.85 bits per heavy atom. The molecule has 7 nitrogen and oxygen atoms in total. The summed E-state index contributed by atoms with van der Waals surface area (Å²) in [4.78, 5) is 25.2. The Hall–Kier alpha value is -3.48. The third-order valence-electron chi connectivity index (χ3n) is 4.99. The molecule has 0 radical (unpaired) electrons. The van der Waals surface area contributed by atoms with Gasteiger partial charge in [-0.15, -0.1) is 10.2 Å². The number of nitrogens with zero attached hydrogens (tertiary/aromatic N) is 3. The van der Waals surface area contributed by atoms with Gasteiger partial charge in [0.05, 0.1) is 0 Å². The molecule has 1 aliphatic carbocycles. The van der Waals surface area contributed by atoms with Gasteiger partial charge < -0.3 is 10.4 Å². The van der Waals surface area contributed by atoms with Crippen LogP contribution in [0.3, 0.4) is 0 Å². The smallest absolute Gasteiger partial charge is 0.334 e. The number of amides is 1. The number of carboxylic acid groups (broad SMARTS) is 1. The van der Waals surface area contributed by atoms with Crippen LogP contribution in [0, 0.1) is 0 Å². The second kappa shape index (κ2) is 6.68. The van der Waals surface area contributed by atoms with E-state index in [0.717, 1.165) is 17.7 Å². The number of carbonyl (C=O) groups excluding carboxylic acids is 1. The zero-order valence-corrected chi connectivity index (χ0v) is 14.5. The zero-order chi connectivity index (χ0) is 18.9. The molecular formula is C20H18N4O3. The second-order valence-electron chi connectivity index (χ2n) is 6.59. The summed E-state index contributed by atoms with van der Waals surface area (Å²) in [7, 11) is 0. The molecule has 1 amide bonds. The molecule has 0 aliphatic heterocycles. The van der Waals surface area contributed by atoms with Crippen LogP contribution in [-0.2, 0) is 16.8 Å². The molecule has 1 heterocycles. The summed E-state index contributed by atoms with van der Waals surface area (Å²) < 4.78 is 1.68. The maximum absolute atomic E-state index is 12.9. The molecule has 1 aliphatic rings. The molecule has 0 bridgehead atoms. The SMILES string of the molecule is O=C(N[C@]1(C(=O)O)CCCc2ccccc21)c1cccc(-n2cnnc2)c1. The van der Waals surface area contributed by atoms with Gasteiger partial charge in [0.25, 0.3) is 5.91 Å². The predicted octanol–water partition coefficient (Wildman–Crippen LogP) is 2.31. The largest absolute Gasteiger partial charge is 0.479 e. The van der Waals surface area contributed by atoms with Crippen LogP contribution in [0.5, 0.6) is 0 Å². The first-order valence-electron chi connectivity index (χ1n) is 8.69. The summed E-state index contributed by atoms with van der Waals surface area (Å²) in [6.45, 7) is 0. The van der Waals surface area contributed by atoms with Crippen molar-refractivity contribution in [3.8, 4) is 5.69 Å². The number of aliphatic carboxylic acids is 1. The summed E-state index contributed by atoms with van der Waals surface area (Å²) in [6, 6.07) is 14.3. The molecule has 27 heavy (non-hydrogen) atoms. The maximum atomic E-state index is 12.9. The van der Waals surface area contributed by atoms with Crippen molar-refractivity contribution in [2.75, 3.05) is 0 Å². The number of nitrogens with one attached hydrogen (secondary N) is 1. The molecule has 1 atom stereocenters. The Kier molecular flexibility index (Phi) is 4.19. The normalized spacial score (nSPS) is 18.5. The highest BCUT2D eigenvalue weighted by atomic mass is 16.4. The summed E-state index contributed by atoms with van der Waals surface area (Å²) in [5.74, 6) is -1.47. The predicted molar refractivity (Wildman–Crippen MR) is 97.5 cm³/mol. The number of benzene rings is 2. The fraction of sp³-hybridized carbons (Fsp3) is 0.200. The average molecular weight is 362 g/mol. The van der Waals surface area contributed by atoms with Crippen molar-refractivity contribution < 1.29 is 14.7 Å². The first-order chi connectivity index (χ1) is 13.1. The maximum Gasteiger partial charge on any atom is 0.334 e. The number of aromatic nitrogens is 3. The molecular weight excluding hydrogens is 344 g/mol. The van der Waals surface area contributed by atoms with Gasteiger partial charge in [0, 0.05) is 11.3 Å². The lowest BCUT2D eigenvalue weighted by Gasteiger charge is -2.36. The summed E-state index contributed by atoms with van der Waals surface area (Å²) in [6.07, 6.45) is 4.94. The molecule has 2 aromatic carbocycles. The van der Waals surface area contributed by atoms with E-state index < -0.39 is 17.4 Å². The van der Waals surface area contributed by atoms with Crippen molar-refractivity contribution >= 4 is 11.9 Å². The number of fused-ring (bicyclic) bond motifs is 1. The molecule has 2 N–H and O–H groups in total. The molecule has 0 fully saturated rings. The standard InChI is InChI=1S/C20H18N4O3/c25-18(15-6-3-8-16(11-15)24-12-21-22-13-24)23-20(19(26)27)10-4-7-14-5-1-2-9-17(14)20/h1-3,5-6,8-9,11-13H,4,7,10H2,(H,23,25)(H,26,27)/t20-/m1/s1. The molecule has 1 aromatic heterocycles. The summed E-state index contributed by atoms with van der Waals surface area (Å²) in [5.41, 5.74) is 1.31.